The Balaban J connectivity index is 1.34. The second-order valence-corrected chi connectivity index (χ2v) is 7.58. The van der Waals surface area contributed by atoms with Crippen LogP contribution in [0.4, 0.5) is 0 Å². The minimum atomic E-state index is -0.363. The zero-order valence-corrected chi connectivity index (χ0v) is 15.3. The molecule has 0 aromatic heterocycles. The van der Waals surface area contributed by atoms with Crippen LogP contribution in [0.1, 0.15) is 64.7 Å². The molecule has 3 aliphatic rings. The van der Waals surface area contributed by atoms with Crippen LogP contribution in [0.25, 0.3) is 0 Å². The van der Waals surface area contributed by atoms with E-state index in [1.54, 1.807) is 0 Å². The van der Waals surface area contributed by atoms with Crippen molar-refractivity contribution in [1.82, 2.24) is 4.90 Å². The molecule has 142 valence electrons. The molecule has 0 radical (unpaired) electrons. The van der Waals surface area contributed by atoms with Crippen LogP contribution in [0.3, 0.4) is 0 Å². The molecule has 3 rings (SSSR count). The standard InChI is InChI=1S/C19H31NO5/c1-2-3-17(21)20-10-6-16(7-11-20)25-18(22)14-15-4-8-19(9-5-15)23-12-13-24-19/h15-16H,2-14H2,1H3. The molecule has 0 aromatic rings. The van der Waals surface area contributed by atoms with E-state index >= 15 is 0 Å². The summed E-state index contributed by atoms with van der Waals surface area (Å²) in [5.41, 5.74) is 0. The number of likely N-dealkylation sites (tertiary alicyclic amines) is 1. The van der Waals surface area contributed by atoms with Crippen molar-refractivity contribution in [3.8, 4) is 0 Å². The van der Waals surface area contributed by atoms with Gasteiger partial charge in [-0.15, -0.1) is 0 Å². The maximum absolute atomic E-state index is 12.2. The van der Waals surface area contributed by atoms with Gasteiger partial charge in [0.05, 0.1) is 13.2 Å². The summed E-state index contributed by atoms with van der Waals surface area (Å²) >= 11 is 0. The zero-order chi connectivity index (χ0) is 17.7. The van der Waals surface area contributed by atoms with Crippen LogP contribution >= 0.6 is 0 Å². The van der Waals surface area contributed by atoms with Crippen molar-refractivity contribution in [2.24, 2.45) is 5.92 Å². The molecule has 25 heavy (non-hydrogen) atoms. The summed E-state index contributed by atoms with van der Waals surface area (Å²) in [6.07, 6.45) is 7.14. The van der Waals surface area contributed by atoms with Gasteiger partial charge in [0, 0.05) is 51.6 Å². The molecule has 0 N–H and O–H groups in total. The number of hydrogen-bond donors (Lipinski definition) is 0. The summed E-state index contributed by atoms with van der Waals surface area (Å²) in [4.78, 5) is 26.0. The van der Waals surface area contributed by atoms with E-state index in [2.05, 4.69) is 0 Å². The number of carbonyl (C=O) groups excluding carboxylic acids is 2. The lowest BCUT2D eigenvalue weighted by Gasteiger charge is -2.35. The minimum absolute atomic E-state index is 0.0328. The fraction of sp³-hybridized carbons (Fsp3) is 0.895. The summed E-state index contributed by atoms with van der Waals surface area (Å²) in [6, 6.07) is 0. The molecular formula is C19H31NO5. The average Bonchev–Trinajstić information content (AvgIpc) is 3.06. The summed E-state index contributed by atoms with van der Waals surface area (Å²) in [5, 5.41) is 0. The second kappa shape index (κ2) is 8.49. The molecule has 1 aliphatic carbocycles. The molecule has 0 atom stereocenters. The fourth-order valence-electron chi connectivity index (χ4n) is 4.17. The van der Waals surface area contributed by atoms with E-state index in [-0.39, 0.29) is 23.8 Å². The van der Waals surface area contributed by atoms with E-state index in [9.17, 15) is 9.59 Å². The first-order valence-corrected chi connectivity index (χ1v) is 9.85. The van der Waals surface area contributed by atoms with Crippen LogP contribution in [0, 0.1) is 5.92 Å². The summed E-state index contributed by atoms with van der Waals surface area (Å²) in [6.45, 7) is 4.80. The van der Waals surface area contributed by atoms with Gasteiger partial charge in [0.2, 0.25) is 5.91 Å². The normalized spacial score (nSPS) is 24.6. The number of piperidine rings is 1. The van der Waals surface area contributed by atoms with Gasteiger partial charge in [-0.25, -0.2) is 0 Å². The van der Waals surface area contributed by atoms with E-state index in [0.29, 0.717) is 45.1 Å². The quantitative estimate of drug-likeness (QED) is 0.711. The average molecular weight is 353 g/mol. The molecule has 2 aliphatic heterocycles. The van der Waals surface area contributed by atoms with Crippen molar-refractivity contribution in [1.29, 1.82) is 0 Å². The zero-order valence-electron chi connectivity index (χ0n) is 15.3. The van der Waals surface area contributed by atoms with Gasteiger partial charge in [-0.3, -0.25) is 9.59 Å². The van der Waals surface area contributed by atoms with Crippen LogP contribution < -0.4 is 0 Å². The first-order valence-electron chi connectivity index (χ1n) is 9.85. The van der Waals surface area contributed by atoms with Crippen molar-refractivity contribution < 1.29 is 23.8 Å². The summed E-state index contributed by atoms with van der Waals surface area (Å²) in [5.74, 6) is 0.141. The third-order valence-corrected chi connectivity index (χ3v) is 5.69. The van der Waals surface area contributed by atoms with E-state index in [1.807, 2.05) is 11.8 Å². The van der Waals surface area contributed by atoms with Gasteiger partial charge in [-0.05, 0) is 25.2 Å². The Labute approximate surface area is 150 Å². The third-order valence-electron chi connectivity index (χ3n) is 5.69. The van der Waals surface area contributed by atoms with Crippen molar-refractivity contribution in [2.45, 2.75) is 76.6 Å². The maximum atomic E-state index is 12.2. The van der Waals surface area contributed by atoms with Crippen molar-refractivity contribution in [2.75, 3.05) is 26.3 Å². The van der Waals surface area contributed by atoms with Crippen LogP contribution in [-0.4, -0.2) is 55.0 Å². The molecule has 2 saturated heterocycles. The number of esters is 1. The number of hydrogen-bond acceptors (Lipinski definition) is 5. The highest BCUT2D eigenvalue weighted by molar-refractivity contribution is 5.76. The molecule has 0 bridgehead atoms. The Morgan fingerprint density at radius 2 is 1.72 bits per heavy atom. The van der Waals surface area contributed by atoms with Crippen LogP contribution in [0.15, 0.2) is 0 Å². The first kappa shape index (κ1) is 18.6. The van der Waals surface area contributed by atoms with Crippen molar-refractivity contribution in [3.05, 3.63) is 0 Å². The highest BCUT2D eigenvalue weighted by Gasteiger charge is 2.40. The number of carbonyl (C=O) groups is 2. The molecule has 1 amide bonds. The minimum Gasteiger partial charge on any atom is -0.462 e. The Bertz CT molecular complexity index is 456. The lowest BCUT2D eigenvalue weighted by atomic mass is 9.83. The highest BCUT2D eigenvalue weighted by atomic mass is 16.7. The molecule has 0 unspecified atom stereocenters. The van der Waals surface area contributed by atoms with Crippen molar-refractivity contribution in [3.63, 3.8) is 0 Å². The first-order chi connectivity index (χ1) is 12.1. The lowest BCUT2D eigenvalue weighted by molar-refractivity contribution is -0.184. The van der Waals surface area contributed by atoms with E-state index in [1.165, 1.54) is 0 Å². The number of rotatable bonds is 5. The van der Waals surface area contributed by atoms with E-state index in [0.717, 1.165) is 44.9 Å². The number of nitrogens with zero attached hydrogens (tertiary/aromatic N) is 1. The summed E-state index contributed by atoms with van der Waals surface area (Å²) in [7, 11) is 0. The topological polar surface area (TPSA) is 65.1 Å². The van der Waals surface area contributed by atoms with Gasteiger partial charge in [0.15, 0.2) is 5.79 Å². The van der Waals surface area contributed by atoms with Crippen LogP contribution in [0.2, 0.25) is 0 Å². The highest BCUT2D eigenvalue weighted by Crippen LogP contribution is 2.39. The van der Waals surface area contributed by atoms with Gasteiger partial charge < -0.3 is 19.1 Å². The Morgan fingerprint density at radius 1 is 1.08 bits per heavy atom. The molecular weight excluding hydrogens is 322 g/mol. The van der Waals surface area contributed by atoms with Crippen LogP contribution in [-0.2, 0) is 23.8 Å². The number of amides is 1. The van der Waals surface area contributed by atoms with Gasteiger partial charge in [0.1, 0.15) is 6.10 Å². The van der Waals surface area contributed by atoms with Crippen LogP contribution in [0.5, 0.6) is 0 Å². The summed E-state index contributed by atoms with van der Waals surface area (Å²) < 4.78 is 17.1. The largest absolute Gasteiger partial charge is 0.462 e. The molecule has 6 heteroatoms. The molecule has 1 spiro atoms. The van der Waals surface area contributed by atoms with E-state index in [4.69, 9.17) is 14.2 Å². The second-order valence-electron chi connectivity index (χ2n) is 7.58. The van der Waals surface area contributed by atoms with Crippen molar-refractivity contribution >= 4 is 11.9 Å². The van der Waals surface area contributed by atoms with Gasteiger partial charge in [0.25, 0.3) is 0 Å². The smallest absolute Gasteiger partial charge is 0.306 e. The molecule has 1 saturated carbocycles. The third kappa shape index (κ3) is 4.94. The molecule has 6 nitrogen and oxygen atoms in total. The Hall–Kier alpha value is -1.14. The lowest BCUT2D eigenvalue weighted by Crippen LogP contribution is -2.41. The molecule has 0 aromatic carbocycles. The maximum Gasteiger partial charge on any atom is 0.306 e. The number of ether oxygens (including phenoxy) is 3. The molecule has 3 fully saturated rings. The SMILES string of the molecule is CCCC(=O)N1CCC(OC(=O)CC2CCC3(CC2)OCCO3)CC1. The predicted molar refractivity (Wildman–Crippen MR) is 91.8 cm³/mol. The van der Waals surface area contributed by atoms with Gasteiger partial charge in [-0.1, -0.05) is 6.92 Å². The molecule has 2 heterocycles. The Morgan fingerprint density at radius 3 is 2.32 bits per heavy atom. The van der Waals surface area contributed by atoms with Gasteiger partial charge in [-0.2, -0.15) is 0 Å². The fourth-order valence-corrected chi connectivity index (χ4v) is 4.17. The predicted octanol–water partition coefficient (Wildman–Crippen LogP) is 2.64. The monoisotopic (exact) mass is 353 g/mol. The van der Waals surface area contributed by atoms with Gasteiger partial charge >= 0.3 is 5.97 Å². The Kier molecular flexibility index (Phi) is 6.34. The van der Waals surface area contributed by atoms with E-state index < -0.39 is 0 Å².